The Kier molecular flexibility index (Phi) is 2.57. The highest BCUT2D eigenvalue weighted by atomic mass is 28.3. The molecule has 1 radical (unpaired) electrons. The van der Waals surface area contributed by atoms with Crippen molar-refractivity contribution in [1.82, 2.24) is 0 Å². The SMILES string of the molecule is C[Si](C)C1(c2ccccc2)C=CCO1. The maximum Gasteiger partial charge on any atom is 0.0975 e. The summed E-state index contributed by atoms with van der Waals surface area (Å²) in [7, 11) is -0.533. The van der Waals surface area contributed by atoms with Crippen molar-refractivity contribution in [2.24, 2.45) is 0 Å². The van der Waals surface area contributed by atoms with Crippen molar-refractivity contribution in [2.45, 2.75) is 18.3 Å². The van der Waals surface area contributed by atoms with Crippen LogP contribution in [0.3, 0.4) is 0 Å². The van der Waals surface area contributed by atoms with E-state index in [4.69, 9.17) is 4.74 Å². The summed E-state index contributed by atoms with van der Waals surface area (Å²) in [5.41, 5.74) is 1.30. The summed E-state index contributed by atoms with van der Waals surface area (Å²) in [6.45, 7) is 5.35. The van der Waals surface area contributed by atoms with E-state index in [1.807, 2.05) is 6.07 Å². The van der Waals surface area contributed by atoms with Crippen LogP contribution in [0.1, 0.15) is 5.56 Å². The molecule has 1 nitrogen and oxygen atoms in total. The lowest BCUT2D eigenvalue weighted by Gasteiger charge is -2.31. The van der Waals surface area contributed by atoms with Gasteiger partial charge in [-0.2, -0.15) is 0 Å². The van der Waals surface area contributed by atoms with Crippen molar-refractivity contribution < 1.29 is 4.74 Å². The molecule has 73 valence electrons. The molecule has 0 N–H and O–H groups in total. The lowest BCUT2D eigenvalue weighted by Crippen LogP contribution is -2.37. The Bertz CT molecular complexity index is 331. The summed E-state index contributed by atoms with van der Waals surface area (Å²) in [5, 5.41) is -0.0913. The van der Waals surface area contributed by atoms with Crippen molar-refractivity contribution >= 4 is 8.80 Å². The van der Waals surface area contributed by atoms with Crippen LogP contribution in [0, 0.1) is 0 Å². The fraction of sp³-hybridized carbons (Fsp3) is 0.333. The van der Waals surface area contributed by atoms with Crippen molar-refractivity contribution in [2.75, 3.05) is 6.61 Å². The number of rotatable bonds is 2. The molecule has 1 aromatic rings. The molecule has 0 fully saturated rings. The zero-order chi connectivity index (χ0) is 10.0. The van der Waals surface area contributed by atoms with E-state index in [9.17, 15) is 0 Å². The van der Waals surface area contributed by atoms with Crippen LogP contribution in [0.4, 0.5) is 0 Å². The molecule has 1 atom stereocenters. The summed E-state index contributed by atoms with van der Waals surface area (Å²) in [5.74, 6) is 0. The van der Waals surface area contributed by atoms with Crippen LogP contribution >= 0.6 is 0 Å². The van der Waals surface area contributed by atoms with Crippen molar-refractivity contribution in [3.05, 3.63) is 48.0 Å². The second kappa shape index (κ2) is 3.71. The minimum atomic E-state index is -0.533. The van der Waals surface area contributed by atoms with Crippen molar-refractivity contribution in [1.29, 1.82) is 0 Å². The molecule has 14 heavy (non-hydrogen) atoms. The van der Waals surface area contributed by atoms with Gasteiger partial charge in [-0.15, -0.1) is 0 Å². The van der Waals surface area contributed by atoms with Gasteiger partial charge in [0.05, 0.1) is 20.6 Å². The molecule has 0 spiro atoms. The van der Waals surface area contributed by atoms with Gasteiger partial charge in [-0.1, -0.05) is 55.6 Å². The molecular formula is C12H15OSi. The predicted octanol–water partition coefficient (Wildman–Crippen LogP) is 2.76. The Hall–Kier alpha value is -0.863. The zero-order valence-electron chi connectivity index (χ0n) is 8.66. The fourth-order valence-corrected chi connectivity index (χ4v) is 3.47. The Balaban J connectivity index is 2.42. The van der Waals surface area contributed by atoms with Gasteiger partial charge in [0.25, 0.3) is 0 Å². The Morgan fingerprint density at radius 1 is 1.21 bits per heavy atom. The molecule has 0 amide bonds. The monoisotopic (exact) mass is 203 g/mol. The van der Waals surface area contributed by atoms with Gasteiger partial charge in [-0.25, -0.2) is 0 Å². The lowest BCUT2D eigenvalue weighted by atomic mass is 10.1. The van der Waals surface area contributed by atoms with Crippen LogP contribution in [0.2, 0.25) is 13.1 Å². The number of benzene rings is 1. The molecule has 0 aromatic heterocycles. The van der Waals surface area contributed by atoms with E-state index in [2.05, 4.69) is 49.5 Å². The summed E-state index contributed by atoms with van der Waals surface area (Å²) in [6.07, 6.45) is 4.36. The van der Waals surface area contributed by atoms with Gasteiger partial charge in [-0.05, 0) is 5.56 Å². The normalized spacial score (nSPS) is 25.9. The van der Waals surface area contributed by atoms with Crippen LogP contribution < -0.4 is 0 Å². The van der Waals surface area contributed by atoms with Gasteiger partial charge < -0.3 is 4.74 Å². The fourth-order valence-electron chi connectivity index (χ4n) is 1.91. The van der Waals surface area contributed by atoms with Crippen molar-refractivity contribution in [3.8, 4) is 0 Å². The van der Waals surface area contributed by atoms with E-state index in [0.717, 1.165) is 6.61 Å². The quantitative estimate of drug-likeness (QED) is 0.530. The third-order valence-electron chi connectivity index (χ3n) is 2.71. The van der Waals surface area contributed by atoms with E-state index in [0.29, 0.717) is 0 Å². The first-order chi connectivity index (χ1) is 6.76. The van der Waals surface area contributed by atoms with Gasteiger partial charge in [0.1, 0.15) is 0 Å². The minimum Gasteiger partial charge on any atom is -0.366 e. The first-order valence-electron chi connectivity index (χ1n) is 4.93. The van der Waals surface area contributed by atoms with Gasteiger partial charge in [0.2, 0.25) is 0 Å². The number of ether oxygens (including phenoxy) is 1. The van der Waals surface area contributed by atoms with Gasteiger partial charge in [-0.3, -0.25) is 0 Å². The Morgan fingerprint density at radius 2 is 1.93 bits per heavy atom. The van der Waals surface area contributed by atoms with Gasteiger partial charge in [0.15, 0.2) is 0 Å². The van der Waals surface area contributed by atoms with Gasteiger partial charge in [0, 0.05) is 0 Å². The van der Waals surface area contributed by atoms with Crippen LogP contribution in [-0.2, 0) is 9.96 Å². The largest absolute Gasteiger partial charge is 0.366 e. The van der Waals surface area contributed by atoms with Gasteiger partial charge >= 0.3 is 0 Å². The van der Waals surface area contributed by atoms with E-state index < -0.39 is 8.80 Å². The number of hydrogen-bond acceptors (Lipinski definition) is 1. The third kappa shape index (κ3) is 1.45. The average molecular weight is 203 g/mol. The molecule has 1 aromatic carbocycles. The summed E-state index contributed by atoms with van der Waals surface area (Å²) in [4.78, 5) is 0. The molecule has 1 heterocycles. The second-order valence-electron chi connectivity index (χ2n) is 3.82. The third-order valence-corrected chi connectivity index (χ3v) is 4.79. The molecule has 1 aliphatic rings. The van der Waals surface area contributed by atoms with Crippen LogP contribution in [0.25, 0.3) is 0 Å². The highest BCUT2D eigenvalue weighted by Crippen LogP contribution is 2.33. The molecular weight excluding hydrogens is 188 g/mol. The van der Waals surface area contributed by atoms with Crippen LogP contribution in [-0.4, -0.2) is 15.4 Å². The molecule has 0 saturated carbocycles. The Labute approximate surface area is 87.0 Å². The highest BCUT2D eigenvalue weighted by molar-refractivity contribution is 6.59. The lowest BCUT2D eigenvalue weighted by molar-refractivity contribution is 0.0864. The summed E-state index contributed by atoms with van der Waals surface area (Å²) < 4.78 is 5.92. The second-order valence-corrected chi connectivity index (χ2v) is 6.56. The minimum absolute atomic E-state index is 0.0913. The Morgan fingerprint density at radius 3 is 2.43 bits per heavy atom. The maximum absolute atomic E-state index is 5.92. The van der Waals surface area contributed by atoms with E-state index in [1.165, 1.54) is 5.56 Å². The predicted molar refractivity (Wildman–Crippen MR) is 60.7 cm³/mol. The summed E-state index contributed by atoms with van der Waals surface area (Å²) >= 11 is 0. The molecule has 2 rings (SSSR count). The zero-order valence-corrected chi connectivity index (χ0v) is 9.66. The van der Waals surface area contributed by atoms with E-state index in [-0.39, 0.29) is 5.22 Å². The maximum atomic E-state index is 5.92. The molecule has 0 aliphatic carbocycles. The molecule has 0 bridgehead atoms. The first kappa shape index (κ1) is 9.68. The van der Waals surface area contributed by atoms with Crippen molar-refractivity contribution in [3.63, 3.8) is 0 Å². The average Bonchev–Trinajstić information content (AvgIpc) is 2.69. The summed E-state index contributed by atoms with van der Waals surface area (Å²) in [6, 6.07) is 10.5. The standard InChI is InChI=1S/C12H15OSi/c1-14(2)12(9-6-10-13-12)11-7-4-3-5-8-11/h3-9H,10H2,1-2H3. The van der Waals surface area contributed by atoms with E-state index in [1.54, 1.807) is 0 Å². The molecule has 0 saturated heterocycles. The topological polar surface area (TPSA) is 9.23 Å². The van der Waals surface area contributed by atoms with Crippen LogP contribution in [0.15, 0.2) is 42.5 Å². The highest BCUT2D eigenvalue weighted by Gasteiger charge is 2.37. The van der Waals surface area contributed by atoms with Crippen LogP contribution in [0.5, 0.6) is 0 Å². The van der Waals surface area contributed by atoms with E-state index >= 15 is 0 Å². The first-order valence-corrected chi connectivity index (χ1v) is 7.43. The molecule has 1 unspecified atom stereocenters. The number of hydrogen-bond donors (Lipinski definition) is 0. The smallest absolute Gasteiger partial charge is 0.0975 e. The molecule has 1 aliphatic heterocycles. The molecule has 2 heteroatoms.